The van der Waals surface area contributed by atoms with E-state index in [0.717, 1.165) is 16.5 Å². The van der Waals surface area contributed by atoms with Crippen LogP contribution >= 0.6 is 11.6 Å². The Balaban J connectivity index is 1.69. The van der Waals surface area contributed by atoms with Crippen molar-refractivity contribution < 1.29 is 4.79 Å². The zero-order chi connectivity index (χ0) is 18.3. The van der Waals surface area contributed by atoms with Gasteiger partial charge in [-0.15, -0.1) is 0 Å². The summed E-state index contributed by atoms with van der Waals surface area (Å²) in [4.78, 5) is 29.2. The molecular weight excluding hydrogens is 352 g/mol. The van der Waals surface area contributed by atoms with E-state index in [0.29, 0.717) is 21.6 Å². The lowest BCUT2D eigenvalue weighted by Gasteiger charge is -2.06. The van der Waals surface area contributed by atoms with Crippen LogP contribution in [0.15, 0.2) is 53.5 Å². The number of rotatable bonds is 3. The number of nitrogens with zero attached hydrogens (tertiary/aromatic N) is 2. The van der Waals surface area contributed by atoms with Gasteiger partial charge in [0.2, 0.25) is 5.91 Å². The Morgan fingerprint density at radius 3 is 2.88 bits per heavy atom. The first-order valence-corrected chi connectivity index (χ1v) is 8.42. The van der Waals surface area contributed by atoms with Crippen molar-refractivity contribution >= 4 is 45.0 Å². The number of fused-ring (bicyclic) bond motifs is 3. The van der Waals surface area contributed by atoms with E-state index in [1.165, 1.54) is 10.9 Å². The maximum absolute atomic E-state index is 12.6. The highest BCUT2D eigenvalue weighted by Crippen LogP contribution is 2.23. The lowest BCUT2D eigenvalue weighted by Crippen LogP contribution is -2.26. The van der Waals surface area contributed by atoms with E-state index in [1.54, 1.807) is 24.3 Å². The number of hydrogen-bond donors (Lipinski definition) is 2. The summed E-state index contributed by atoms with van der Waals surface area (Å²) >= 11 is 6.06. The van der Waals surface area contributed by atoms with Crippen LogP contribution in [-0.2, 0) is 11.3 Å². The van der Waals surface area contributed by atoms with Gasteiger partial charge in [-0.25, -0.2) is 4.68 Å². The number of hydrogen-bond acceptors (Lipinski definition) is 3. The predicted molar refractivity (Wildman–Crippen MR) is 103 cm³/mol. The largest absolute Gasteiger partial charge is 0.324 e. The number of anilines is 1. The molecule has 2 aromatic heterocycles. The first kappa shape index (κ1) is 16.4. The molecule has 26 heavy (non-hydrogen) atoms. The van der Waals surface area contributed by atoms with Gasteiger partial charge < -0.3 is 5.32 Å². The quantitative estimate of drug-likeness (QED) is 0.582. The number of halogens is 1. The molecule has 0 fully saturated rings. The third-order valence-electron chi connectivity index (χ3n) is 4.16. The van der Waals surface area contributed by atoms with Crippen LogP contribution in [0.25, 0.3) is 21.8 Å². The van der Waals surface area contributed by atoms with Crippen molar-refractivity contribution in [1.82, 2.24) is 14.8 Å². The van der Waals surface area contributed by atoms with Crippen LogP contribution in [0.5, 0.6) is 0 Å². The van der Waals surface area contributed by atoms with Crippen LogP contribution in [0, 0.1) is 6.92 Å². The third-order valence-corrected chi connectivity index (χ3v) is 4.39. The molecule has 0 aliphatic carbocycles. The van der Waals surface area contributed by atoms with E-state index in [9.17, 15) is 9.59 Å². The molecule has 0 unspecified atom stereocenters. The zero-order valence-corrected chi connectivity index (χ0v) is 14.7. The van der Waals surface area contributed by atoms with Gasteiger partial charge in [-0.1, -0.05) is 23.7 Å². The molecular formula is C19H15ClN4O2. The number of carbonyl (C=O) groups excluding carboxylic acids is 1. The van der Waals surface area contributed by atoms with E-state index in [-0.39, 0.29) is 18.0 Å². The van der Waals surface area contributed by atoms with E-state index in [4.69, 9.17) is 11.6 Å². The summed E-state index contributed by atoms with van der Waals surface area (Å²) in [7, 11) is 0. The molecule has 0 radical (unpaired) electrons. The first-order chi connectivity index (χ1) is 12.5. The molecule has 2 N–H and O–H groups in total. The molecule has 0 spiro atoms. The molecule has 4 rings (SSSR count). The average Bonchev–Trinajstić information content (AvgIpc) is 2.91. The molecule has 0 aliphatic heterocycles. The number of carbonyl (C=O) groups is 1. The van der Waals surface area contributed by atoms with Crippen LogP contribution in [0.4, 0.5) is 5.69 Å². The Labute approximate surface area is 153 Å². The van der Waals surface area contributed by atoms with Crippen molar-refractivity contribution in [3.05, 3.63) is 69.6 Å². The predicted octanol–water partition coefficient (Wildman–Crippen LogP) is 3.48. The number of pyridine rings is 1. The molecule has 1 amide bonds. The second kappa shape index (κ2) is 6.31. The van der Waals surface area contributed by atoms with Crippen LogP contribution in [0.2, 0.25) is 5.02 Å². The normalized spacial score (nSPS) is 11.2. The minimum absolute atomic E-state index is 0.122. The topological polar surface area (TPSA) is 79.8 Å². The van der Waals surface area contributed by atoms with Gasteiger partial charge in [0.05, 0.1) is 16.4 Å². The molecule has 7 heteroatoms. The van der Waals surface area contributed by atoms with E-state index < -0.39 is 0 Å². The number of aryl methyl sites for hydroxylation is 1. The summed E-state index contributed by atoms with van der Waals surface area (Å²) in [5.74, 6) is -0.292. The molecule has 2 heterocycles. The van der Waals surface area contributed by atoms with Gasteiger partial charge in [0.25, 0.3) is 5.56 Å². The summed E-state index contributed by atoms with van der Waals surface area (Å²) in [6.07, 6.45) is 1.51. The van der Waals surface area contributed by atoms with Gasteiger partial charge in [-0.05, 0) is 42.8 Å². The van der Waals surface area contributed by atoms with Crippen LogP contribution in [0.3, 0.4) is 0 Å². The van der Waals surface area contributed by atoms with Crippen LogP contribution in [-0.4, -0.2) is 20.7 Å². The van der Waals surface area contributed by atoms with Crippen molar-refractivity contribution in [3.8, 4) is 0 Å². The summed E-state index contributed by atoms with van der Waals surface area (Å²) in [5, 5.41) is 7.51. The summed E-state index contributed by atoms with van der Waals surface area (Å²) in [5.41, 5.74) is 2.78. The molecule has 4 aromatic rings. The highest BCUT2D eigenvalue weighted by molar-refractivity contribution is 6.31. The number of aromatic amines is 1. The van der Waals surface area contributed by atoms with Gasteiger partial charge in [-0.3, -0.25) is 19.7 Å². The average molecular weight is 367 g/mol. The minimum atomic E-state index is -0.297. The lowest BCUT2D eigenvalue weighted by molar-refractivity contribution is -0.116. The molecule has 2 aromatic carbocycles. The van der Waals surface area contributed by atoms with Crippen molar-refractivity contribution in [2.75, 3.05) is 5.32 Å². The summed E-state index contributed by atoms with van der Waals surface area (Å²) in [6.45, 7) is 1.82. The fraction of sp³-hybridized carbons (Fsp3) is 0.105. The maximum Gasteiger partial charge on any atom is 0.276 e. The number of H-pyrrole nitrogens is 1. The fourth-order valence-electron chi connectivity index (χ4n) is 2.96. The lowest BCUT2D eigenvalue weighted by atomic mass is 10.2. The van der Waals surface area contributed by atoms with Gasteiger partial charge in [0.15, 0.2) is 0 Å². The van der Waals surface area contributed by atoms with Crippen molar-refractivity contribution in [2.45, 2.75) is 13.5 Å². The van der Waals surface area contributed by atoms with Gasteiger partial charge in [-0.2, -0.15) is 0 Å². The van der Waals surface area contributed by atoms with Crippen molar-refractivity contribution in [1.29, 1.82) is 0 Å². The maximum atomic E-state index is 12.6. The molecule has 130 valence electrons. The molecule has 0 aliphatic rings. The van der Waals surface area contributed by atoms with Gasteiger partial charge in [0.1, 0.15) is 6.54 Å². The molecule has 6 nitrogen and oxygen atoms in total. The van der Waals surface area contributed by atoms with Gasteiger partial charge >= 0.3 is 0 Å². The second-order valence-electron chi connectivity index (χ2n) is 6.13. The Morgan fingerprint density at radius 2 is 2.08 bits per heavy atom. The van der Waals surface area contributed by atoms with Crippen LogP contribution < -0.4 is 10.9 Å². The summed E-state index contributed by atoms with van der Waals surface area (Å²) in [6, 6.07) is 12.8. The number of nitrogens with one attached hydrogen (secondary N) is 2. The molecule has 0 bridgehead atoms. The Kier molecular flexibility index (Phi) is 3.97. The summed E-state index contributed by atoms with van der Waals surface area (Å²) < 4.78 is 1.28. The molecule has 0 saturated carbocycles. The third kappa shape index (κ3) is 2.95. The highest BCUT2D eigenvalue weighted by atomic mass is 35.5. The Morgan fingerprint density at radius 1 is 1.23 bits per heavy atom. The minimum Gasteiger partial charge on any atom is -0.324 e. The first-order valence-electron chi connectivity index (χ1n) is 8.04. The van der Waals surface area contributed by atoms with Gasteiger partial charge in [0, 0.05) is 22.3 Å². The van der Waals surface area contributed by atoms with E-state index >= 15 is 0 Å². The number of benzene rings is 2. The number of amides is 1. The second-order valence-corrected chi connectivity index (χ2v) is 6.57. The highest BCUT2D eigenvalue weighted by Gasteiger charge is 2.13. The monoisotopic (exact) mass is 366 g/mol. The fourth-order valence-corrected chi connectivity index (χ4v) is 3.13. The number of aromatic nitrogens is 3. The zero-order valence-electron chi connectivity index (χ0n) is 13.9. The van der Waals surface area contributed by atoms with Crippen molar-refractivity contribution in [2.24, 2.45) is 0 Å². The molecule has 0 atom stereocenters. The van der Waals surface area contributed by atoms with Crippen molar-refractivity contribution in [3.63, 3.8) is 0 Å². The smallest absolute Gasteiger partial charge is 0.276 e. The van der Waals surface area contributed by atoms with E-state index in [1.807, 2.05) is 25.1 Å². The Hall–Kier alpha value is -3.12. The Bertz CT molecular complexity index is 1210. The standard InChI is InChI=1S/C19H15ClN4O2/c1-11-3-2-4-13(7-11)22-17(25)10-24-19(26)15-9-21-16-6-5-12(20)8-14(16)18(15)23-24/h2-9,23H,10H2,1H3,(H,22,25). The van der Waals surface area contributed by atoms with Crippen LogP contribution in [0.1, 0.15) is 5.56 Å². The van der Waals surface area contributed by atoms with E-state index in [2.05, 4.69) is 15.4 Å². The molecule has 0 saturated heterocycles. The SMILES string of the molecule is Cc1cccc(NC(=O)Cn2[nH]c3c(cnc4ccc(Cl)cc43)c2=O)c1.